The predicted octanol–water partition coefficient (Wildman–Crippen LogP) is 5.06. The van der Waals surface area contributed by atoms with Gasteiger partial charge >= 0.3 is 0 Å². The van der Waals surface area contributed by atoms with Crippen LogP contribution in [0.5, 0.6) is 0 Å². The van der Waals surface area contributed by atoms with Gasteiger partial charge in [-0.05, 0) is 49.2 Å². The predicted molar refractivity (Wildman–Crippen MR) is 114 cm³/mol. The molecule has 0 atom stereocenters. The SMILES string of the molecule is O=C(CNc1ccc(C(=O)N2CCCCCC2)cc1)Nc1cccc(Cl)c1Cl. The maximum Gasteiger partial charge on any atom is 0.253 e. The molecular formula is C21H23Cl2N3O2. The van der Waals surface area contributed by atoms with Crippen LogP contribution in [-0.4, -0.2) is 36.3 Å². The fraction of sp³-hybridized carbons (Fsp3) is 0.333. The standard InChI is InChI=1S/C21H23Cl2N3O2/c22-17-6-5-7-18(20(17)23)25-19(27)14-24-16-10-8-15(9-11-16)21(28)26-12-3-1-2-4-13-26/h5-11,24H,1-4,12-14H2,(H,25,27). The van der Waals surface area contributed by atoms with Crippen molar-refractivity contribution in [1.82, 2.24) is 4.90 Å². The van der Waals surface area contributed by atoms with E-state index < -0.39 is 0 Å². The molecule has 2 aromatic rings. The highest BCUT2D eigenvalue weighted by Crippen LogP contribution is 2.29. The van der Waals surface area contributed by atoms with E-state index in [9.17, 15) is 9.59 Å². The maximum atomic E-state index is 12.6. The number of hydrogen-bond acceptors (Lipinski definition) is 3. The van der Waals surface area contributed by atoms with Crippen LogP contribution in [0.2, 0.25) is 10.0 Å². The van der Waals surface area contributed by atoms with Crippen LogP contribution in [0.3, 0.4) is 0 Å². The van der Waals surface area contributed by atoms with Gasteiger partial charge in [0, 0.05) is 24.3 Å². The van der Waals surface area contributed by atoms with Crippen LogP contribution < -0.4 is 10.6 Å². The summed E-state index contributed by atoms with van der Waals surface area (Å²) in [6.07, 6.45) is 4.51. The molecule has 28 heavy (non-hydrogen) atoms. The first-order valence-electron chi connectivity index (χ1n) is 9.41. The minimum Gasteiger partial charge on any atom is -0.376 e. The Labute approximate surface area is 175 Å². The first-order chi connectivity index (χ1) is 13.5. The number of hydrogen-bond donors (Lipinski definition) is 2. The Balaban J connectivity index is 1.53. The van der Waals surface area contributed by atoms with Gasteiger partial charge in [0.25, 0.3) is 5.91 Å². The van der Waals surface area contributed by atoms with E-state index in [1.807, 2.05) is 17.0 Å². The summed E-state index contributed by atoms with van der Waals surface area (Å²) in [5.41, 5.74) is 1.90. The van der Waals surface area contributed by atoms with Gasteiger partial charge in [0.15, 0.2) is 0 Å². The monoisotopic (exact) mass is 419 g/mol. The lowest BCUT2D eigenvalue weighted by Crippen LogP contribution is -2.31. The average molecular weight is 420 g/mol. The first-order valence-corrected chi connectivity index (χ1v) is 10.2. The summed E-state index contributed by atoms with van der Waals surface area (Å²) in [6.45, 7) is 1.72. The summed E-state index contributed by atoms with van der Waals surface area (Å²) in [5, 5.41) is 6.46. The fourth-order valence-electron chi connectivity index (χ4n) is 3.16. The molecule has 0 radical (unpaired) electrons. The van der Waals surface area contributed by atoms with E-state index in [1.165, 1.54) is 12.8 Å². The van der Waals surface area contributed by atoms with Crippen LogP contribution in [0, 0.1) is 0 Å². The van der Waals surface area contributed by atoms with E-state index in [0.717, 1.165) is 31.6 Å². The fourth-order valence-corrected chi connectivity index (χ4v) is 3.51. The maximum absolute atomic E-state index is 12.6. The van der Waals surface area contributed by atoms with Gasteiger partial charge in [-0.15, -0.1) is 0 Å². The lowest BCUT2D eigenvalue weighted by molar-refractivity contribution is -0.114. The summed E-state index contributed by atoms with van der Waals surface area (Å²) in [4.78, 5) is 26.7. The Morgan fingerprint density at radius 1 is 0.929 bits per heavy atom. The van der Waals surface area contributed by atoms with Crippen molar-refractivity contribution in [2.45, 2.75) is 25.7 Å². The molecule has 0 spiro atoms. The van der Waals surface area contributed by atoms with E-state index >= 15 is 0 Å². The van der Waals surface area contributed by atoms with Crippen molar-refractivity contribution in [1.29, 1.82) is 0 Å². The molecule has 0 aliphatic carbocycles. The zero-order valence-electron chi connectivity index (χ0n) is 15.5. The molecule has 0 saturated carbocycles. The van der Waals surface area contributed by atoms with Gasteiger partial charge < -0.3 is 15.5 Å². The normalized spacial score (nSPS) is 14.3. The van der Waals surface area contributed by atoms with Crippen molar-refractivity contribution in [2.75, 3.05) is 30.3 Å². The van der Waals surface area contributed by atoms with Gasteiger partial charge in [-0.2, -0.15) is 0 Å². The molecule has 7 heteroatoms. The number of benzene rings is 2. The van der Waals surface area contributed by atoms with Crippen LogP contribution >= 0.6 is 23.2 Å². The average Bonchev–Trinajstić information content (AvgIpc) is 2.99. The third kappa shape index (κ3) is 5.40. The number of anilines is 2. The van der Waals surface area contributed by atoms with Gasteiger partial charge in [0.2, 0.25) is 5.91 Å². The second kappa shape index (κ2) is 9.80. The number of rotatable bonds is 5. The molecule has 2 amide bonds. The van der Waals surface area contributed by atoms with Gasteiger partial charge in [0.05, 0.1) is 22.3 Å². The minimum absolute atomic E-state index is 0.0711. The Hall–Kier alpha value is -2.24. The van der Waals surface area contributed by atoms with Gasteiger partial charge in [0.1, 0.15) is 0 Å². The largest absolute Gasteiger partial charge is 0.376 e. The van der Waals surface area contributed by atoms with E-state index in [4.69, 9.17) is 23.2 Å². The topological polar surface area (TPSA) is 61.4 Å². The van der Waals surface area contributed by atoms with Crippen LogP contribution in [0.1, 0.15) is 36.0 Å². The lowest BCUT2D eigenvalue weighted by Gasteiger charge is -2.20. The molecule has 1 heterocycles. The van der Waals surface area contributed by atoms with Gasteiger partial charge in [-0.25, -0.2) is 0 Å². The molecule has 1 saturated heterocycles. The minimum atomic E-state index is -0.242. The summed E-state index contributed by atoms with van der Waals surface area (Å²) in [7, 11) is 0. The number of likely N-dealkylation sites (tertiary alicyclic amines) is 1. The van der Waals surface area contributed by atoms with Gasteiger partial charge in [-0.1, -0.05) is 42.1 Å². The van der Waals surface area contributed by atoms with E-state index in [1.54, 1.807) is 30.3 Å². The third-order valence-corrected chi connectivity index (χ3v) is 5.52. The molecule has 5 nitrogen and oxygen atoms in total. The summed E-state index contributed by atoms with van der Waals surface area (Å²) < 4.78 is 0. The van der Waals surface area contributed by atoms with Crippen LogP contribution in [0.15, 0.2) is 42.5 Å². The highest BCUT2D eigenvalue weighted by molar-refractivity contribution is 6.44. The molecule has 1 aliphatic heterocycles. The van der Waals surface area contributed by atoms with Crippen molar-refractivity contribution in [3.05, 3.63) is 58.1 Å². The zero-order valence-corrected chi connectivity index (χ0v) is 17.0. The van der Waals surface area contributed by atoms with E-state index in [2.05, 4.69) is 10.6 Å². The molecule has 1 fully saturated rings. The third-order valence-electron chi connectivity index (χ3n) is 4.70. The number of carbonyl (C=O) groups is 2. The lowest BCUT2D eigenvalue weighted by atomic mass is 10.1. The number of nitrogens with zero attached hydrogens (tertiary/aromatic N) is 1. The highest BCUT2D eigenvalue weighted by Gasteiger charge is 2.17. The molecule has 3 rings (SSSR count). The Kier molecular flexibility index (Phi) is 7.18. The summed E-state index contributed by atoms with van der Waals surface area (Å²) >= 11 is 12.0. The Morgan fingerprint density at radius 3 is 2.29 bits per heavy atom. The molecule has 148 valence electrons. The number of halogens is 2. The second-order valence-electron chi connectivity index (χ2n) is 6.79. The van der Waals surface area contributed by atoms with Crippen molar-refractivity contribution in [3.63, 3.8) is 0 Å². The summed E-state index contributed by atoms with van der Waals surface area (Å²) in [6, 6.07) is 12.3. The molecule has 0 bridgehead atoms. The molecular weight excluding hydrogens is 397 g/mol. The second-order valence-corrected chi connectivity index (χ2v) is 7.57. The van der Waals surface area contributed by atoms with Crippen molar-refractivity contribution < 1.29 is 9.59 Å². The quantitative estimate of drug-likeness (QED) is 0.711. The highest BCUT2D eigenvalue weighted by atomic mass is 35.5. The summed E-state index contributed by atoms with van der Waals surface area (Å²) in [5.74, 6) is -0.171. The Bertz CT molecular complexity index is 832. The number of amides is 2. The smallest absolute Gasteiger partial charge is 0.253 e. The van der Waals surface area contributed by atoms with Crippen molar-refractivity contribution in [3.8, 4) is 0 Å². The molecule has 2 N–H and O–H groups in total. The van der Waals surface area contributed by atoms with Gasteiger partial charge in [-0.3, -0.25) is 9.59 Å². The van der Waals surface area contributed by atoms with Crippen LogP contribution in [0.4, 0.5) is 11.4 Å². The van der Waals surface area contributed by atoms with Crippen LogP contribution in [0.25, 0.3) is 0 Å². The first kappa shape index (κ1) is 20.5. The number of nitrogens with one attached hydrogen (secondary N) is 2. The van der Waals surface area contributed by atoms with Crippen LogP contribution in [-0.2, 0) is 4.79 Å². The van der Waals surface area contributed by atoms with E-state index in [-0.39, 0.29) is 18.4 Å². The molecule has 0 unspecified atom stereocenters. The van der Waals surface area contributed by atoms with E-state index in [0.29, 0.717) is 21.3 Å². The molecule has 2 aromatic carbocycles. The number of carbonyl (C=O) groups excluding carboxylic acids is 2. The van der Waals surface area contributed by atoms with Crippen molar-refractivity contribution >= 4 is 46.4 Å². The molecule has 1 aliphatic rings. The zero-order chi connectivity index (χ0) is 19.9. The van der Waals surface area contributed by atoms with Crippen molar-refractivity contribution in [2.24, 2.45) is 0 Å². The Morgan fingerprint density at radius 2 is 1.61 bits per heavy atom. The molecule has 0 aromatic heterocycles.